The standard InChI is InChI=1S/C13H23N3O/c1-2-16-10-15-9-12(16)8-14-7-11-3-5-13(17)6-4-11/h9-11,13-14,17H,2-8H2,1H3. The van der Waals surface area contributed by atoms with E-state index in [2.05, 4.69) is 21.8 Å². The van der Waals surface area contributed by atoms with Crippen molar-refractivity contribution in [1.29, 1.82) is 0 Å². The van der Waals surface area contributed by atoms with Crippen LogP contribution in [0, 0.1) is 5.92 Å². The molecule has 2 N–H and O–H groups in total. The molecule has 96 valence electrons. The van der Waals surface area contributed by atoms with Crippen molar-refractivity contribution in [1.82, 2.24) is 14.9 Å². The molecule has 0 radical (unpaired) electrons. The number of hydrogen-bond donors (Lipinski definition) is 2. The second-order valence-electron chi connectivity index (χ2n) is 4.98. The summed E-state index contributed by atoms with van der Waals surface area (Å²) in [5.74, 6) is 0.733. The van der Waals surface area contributed by atoms with Gasteiger partial charge in [-0.15, -0.1) is 0 Å². The fraction of sp³-hybridized carbons (Fsp3) is 0.769. The van der Waals surface area contributed by atoms with Crippen LogP contribution in [0.2, 0.25) is 0 Å². The van der Waals surface area contributed by atoms with E-state index < -0.39 is 0 Å². The maximum absolute atomic E-state index is 9.44. The summed E-state index contributed by atoms with van der Waals surface area (Å²) < 4.78 is 2.16. The van der Waals surface area contributed by atoms with Crippen LogP contribution in [-0.2, 0) is 13.1 Å². The summed E-state index contributed by atoms with van der Waals surface area (Å²) in [4.78, 5) is 4.16. The topological polar surface area (TPSA) is 50.1 Å². The number of aliphatic hydroxyl groups is 1. The minimum absolute atomic E-state index is 0.0484. The molecule has 0 bridgehead atoms. The predicted molar refractivity (Wildman–Crippen MR) is 67.6 cm³/mol. The van der Waals surface area contributed by atoms with Crippen molar-refractivity contribution < 1.29 is 5.11 Å². The third-order valence-corrected chi connectivity index (χ3v) is 3.69. The van der Waals surface area contributed by atoms with Crippen LogP contribution >= 0.6 is 0 Å². The van der Waals surface area contributed by atoms with Gasteiger partial charge in [-0.3, -0.25) is 0 Å². The van der Waals surface area contributed by atoms with Crippen LogP contribution in [0.1, 0.15) is 38.3 Å². The molecular weight excluding hydrogens is 214 g/mol. The minimum atomic E-state index is -0.0484. The fourth-order valence-corrected chi connectivity index (χ4v) is 2.53. The van der Waals surface area contributed by atoms with Gasteiger partial charge in [0.15, 0.2) is 0 Å². The van der Waals surface area contributed by atoms with Crippen molar-refractivity contribution in [2.45, 2.75) is 51.8 Å². The summed E-state index contributed by atoms with van der Waals surface area (Å²) in [7, 11) is 0. The molecule has 0 amide bonds. The number of aromatic nitrogens is 2. The molecule has 1 fully saturated rings. The Morgan fingerprint density at radius 1 is 1.41 bits per heavy atom. The predicted octanol–water partition coefficient (Wildman–Crippen LogP) is 1.54. The molecule has 0 atom stereocenters. The lowest BCUT2D eigenvalue weighted by Gasteiger charge is -2.25. The van der Waals surface area contributed by atoms with Crippen molar-refractivity contribution in [2.75, 3.05) is 6.54 Å². The van der Waals surface area contributed by atoms with Gasteiger partial charge in [-0.1, -0.05) is 0 Å². The zero-order valence-electron chi connectivity index (χ0n) is 10.6. The first-order valence-electron chi connectivity index (χ1n) is 6.67. The normalized spacial score (nSPS) is 25.1. The third kappa shape index (κ3) is 3.54. The Labute approximate surface area is 103 Å². The molecule has 1 aliphatic rings. The molecular formula is C13H23N3O. The van der Waals surface area contributed by atoms with E-state index in [1.807, 2.05) is 12.5 Å². The summed E-state index contributed by atoms with van der Waals surface area (Å²) in [6, 6.07) is 0. The van der Waals surface area contributed by atoms with Crippen LogP contribution in [0.15, 0.2) is 12.5 Å². The molecule has 0 aliphatic heterocycles. The number of rotatable bonds is 5. The molecule has 17 heavy (non-hydrogen) atoms. The molecule has 0 spiro atoms. The van der Waals surface area contributed by atoms with Crippen molar-refractivity contribution in [3.05, 3.63) is 18.2 Å². The van der Waals surface area contributed by atoms with E-state index in [4.69, 9.17) is 0 Å². The average molecular weight is 237 g/mol. The van der Waals surface area contributed by atoms with E-state index in [0.29, 0.717) is 0 Å². The summed E-state index contributed by atoms with van der Waals surface area (Å²) in [6.45, 7) is 5.06. The molecule has 1 saturated carbocycles. The Hall–Kier alpha value is -0.870. The molecule has 2 rings (SSSR count). The lowest BCUT2D eigenvalue weighted by atomic mass is 9.87. The minimum Gasteiger partial charge on any atom is -0.393 e. The number of imidazole rings is 1. The lowest BCUT2D eigenvalue weighted by Crippen LogP contribution is -2.28. The van der Waals surface area contributed by atoms with E-state index in [0.717, 1.165) is 51.2 Å². The maximum Gasteiger partial charge on any atom is 0.0948 e. The summed E-state index contributed by atoms with van der Waals surface area (Å²) >= 11 is 0. The molecule has 0 unspecified atom stereocenters. The zero-order chi connectivity index (χ0) is 12.1. The van der Waals surface area contributed by atoms with Gasteiger partial charge in [-0.05, 0) is 45.1 Å². The van der Waals surface area contributed by atoms with Gasteiger partial charge in [0.25, 0.3) is 0 Å². The molecule has 1 aromatic heterocycles. The van der Waals surface area contributed by atoms with Gasteiger partial charge in [-0.2, -0.15) is 0 Å². The third-order valence-electron chi connectivity index (χ3n) is 3.69. The van der Waals surface area contributed by atoms with E-state index in [-0.39, 0.29) is 6.10 Å². The Morgan fingerprint density at radius 3 is 2.88 bits per heavy atom. The molecule has 0 aromatic carbocycles. The van der Waals surface area contributed by atoms with Crippen molar-refractivity contribution in [3.8, 4) is 0 Å². The maximum atomic E-state index is 9.44. The van der Waals surface area contributed by atoms with Crippen molar-refractivity contribution in [3.63, 3.8) is 0 Å². The Kier molecular flexibility index (Phi) is 4.57. The van der Waals surface area contributed by atoms with Crippen LogP contribution < -0.4 is 5.32 Å². The highest BCUT2D eigenvalue weighted by atomic mass is 16.3. The quantitative estimate of drug-likeness (QED) is 0.817. The SMILES string of the molecule is CCn1cncc1CNCC1CCC(O)CC1. The van der Waals surface area contributed by atoms with Crippen LogP contribution in [0.4, 0.5) is 0 Å². The number of aliphatic hydroxyl groups excluding tert-OH is 1. The van der Waals surface area contributed by atoms with E-state index >= 15 is 0 Å². The Balaban J connectivity index is 1.69. The summed E-state index contributed by atoms with van der Waals surface area (Å²) in [5, 5.41) is 12.9. The first kappa shape index (κ1) is 12.6. The first-order valence-corrected chi connectivity index (χ1v) is 6.67. The molecule has 1 aliphatic carbocycles. The highest BCUT2D eigenvalue weighted by Gasteiger charge is 2.18. The molecule has 1 heterocycles. The average Bonchev–Trinajstić information content (AvgIpc) is 2.79. The summed E-state index contributed by atoms with van der Waals surface area (Å²) in [6.07, 6.45) is 8.02. The van der Waals surface area contributed by atoms with Gasteiger partial charge in [-0.25, -0.2) is 4.98 Å². The number of aryl methyl sites for hydroxylation is 1. The molecule has 4 heteroatoms. The Bertz CT molecular complexity index is 329. The van der Waals surface area contributed by atoms with Gasteiger partial charge in [0.1, 0.15) is 0 Å². The van der Waals surface area contributed by atoms with E-state index in [9.17, 15) is 5.11 Å². The molecule has 0 saturated heterocycles. The second kappa shape index (κ2) is 6.17. The van der Waals surface area contributed by atoms with Crippen LogP contribution in [0.5, 0.6) is 0 Å². The van der Waals surface area contributed by atoms with Gasteiger partial charge < -0.3 is 15.0 Å². The highest BCUT2D eigenvalue weighted by molar-refractivity contribution is 4.97. The van der Waals surface area contributed by atoms with Gasteiger partial charge in [0, 0.05) is 19.3 Å². The second-order valence-corrected chi connectivity index (χ2v) is 4.98. The van der Waals surface area contributed by atoms with Crippen LogP contribution in [0.25, 0.3) is 0 Å². The van der Waals surface area contributed by atoms with E-state index in [1.165, 1.54) is 5.69 Å². The van der Waals surface area contributed by atoms with Gasteiger partial charge in [0.05, 0.1) is 18.1 Å². The Morgan fingerprint density at radius 2 is 2.18 bits per heavy atom. The number of nitrogens with one attached hydrogen (secondary N) is 1. The lowest BCUT2D eigenvalue weighted by molar-refractivity contribution is 0.108. The molecule has 1 aromatic rings. The number of hydrogen-bond acceptors (Lipinski definition) is 3. The van der Waals surface area contributed by atoms with E-state index in [1.54, 1.807) is 0 Å². The fourth-order valence-electron chi connectivity index (χ4n) is 2.53. The van der Waals surface area contributed by atoms with Crippen molar-refractivity contribution in [2.24, 2.45) is 5.92 Å². The zero-order valence-corrected chi connectivity index (χ0v) is 10.6. The van der Waals surface area contributed by atoms with Crippen molar-refractivity contribution >= 4 is 0 Å². The monoisotopic (exact) mass is 237 g/mol. The molecule has 4 nitrogen and oxygen atoms in total. The summed E-state index contributed by atoms with van der Waals surface area (Å²) in [5.41, 5.74) is 1.25. The van der Waals surface area contributed by atoms with Crippen LogP contribution in [0.3, 0.4) is 0 Å². The van der Waals surface area contributed by atoms with Crippen LogP contribution in [-0.4, -0.2) is 27.3 Å². The van der Waals surface area contributed by atoms with Gasteiger partial charge >= 0.3 is 0 Å². The van der Waals surface area contributed by atoms with Gasteiger partial charge in [0.2, 0.25) is 0 Å². The first-order chi connectivity index (χ1) is 8.29. The number of nitrogens with zero attached hydrogens (tertiary/aromatic N) is 2. The highest BCUT2D eigenvalue weighted by Crippen LogP contribution is 2.23. The smallest absolute Gasteiger partial charge is 0.0948 e. The largest absolute Gasteiger partial charge is 0.393 e.